The van der Waals surface area contributed by atoms with Crippen molar-refractivity contribution < 1.29 is 23.0 Å². The molecule has 8 heteroatoms. The molecule has 0 saturated carbocycles. The van der Waals surface area contributed by atoms with E-state index in [0.717, 1.165) is 83.5 Å². The van der Waals surface area contributed by atoms with E-state index in [9.17, 15) is 8.78 Å². The smallest absolute Gasteiger partial charge is 0.165 e. The van der Waals surface area contributed by atoms with Crippen LogP contribution in [0.25, 0.3) is 0 Å². The van der Waals surface area contributed by atoms with E-state index in [2.05, 4.69) is 87.4 Å². The molecule has 3 aromatic rings. The number of likely N-dealkylation sites (tertiary alicyclic amines) is 3. The van der Waals surface area contributed by atoms with Crippen LogP contribution >= 0.6 is 0 Å². The van der Waals surface area contributed by atoms with Gasteiger partial charge in [0.05, 0.1) is 0 Å². The van der Waals surface area contributed by atoms with Crippen molar-refractivity contribution >= 4 is 0 Å². The van der Waals surface area contributed by atoms with E-state index >= 15 is 0 Å². The minimum absolute atomic E-state index is 0.155. The fraction of sp³-hybridized carbons (Fsp3) is 0.581. The van der Waals surface area contributed by atoms with Crippen LogP contribution in [0.4, 0.5) is 8.78 Å². The topological polar surface area (TPSA) is 37.4 Å². The van der Waals surface area contributed by atoms with E-state index in [0.29, 0.717) is 35.7 Å². The molecule has 3 aliphatic rings. The second-order valence-corrected chi connectivity index (χ2v) is 15.0. The highest BCUT2D eigenvalue weighted by Crippen LogP contribution is 2.24. The third-order valence-corrected chi connectivity index (χ3v) is 10.2. The number of aryl methyl sites for hydroxylation is 1. The fourth-order valence-corrected chi connectivity index (χ4v) is 6.79. The lowest BCUT2D eigenvalue weighted by Gasteiger charge is -2.34. The van der Waals surface area contributed by atoms with Crippen molar-refractivity contribution in [1.82, 2.24) is 14.7 Å². The summed E-state index contributed by atoms with van der Waals surface area (Å²) in [5.74, 6) is 1.54. The predicted molar refractivity (Wildman–Crippen MR) is 205 cm³/mol. The molecule has 0 aromatic heterocycles. The standard InChI is InChI=1S/C15H23NO.2C14H20FNO/c1-12(2)16-10-8-15(9-11-16)17-14-6-4-13(3)5-7-14;1-11(2)16-8-6-13(7-9-16)17-14-5-3-4-12(15)10-14;1-11(2)16-9-7-12(8-10-16)17-14-6-4-3-5-13(14)15/h4-7,12,15H,8-11H2,1-3H3;3-5,10-11,13H,6-9H2,1-2H3;3-6,11-12H,7-10H2,1-2H3. The highest BCUT2D eigenvalue weighted by atomic mass is 19.1. The highest BCUT2D eigenvalue weighted by Gasteiger charge is 2.24. The Morgan fingerprint density at radius 2 is 0.941 bits per heavy atom. The lowest BCUT2D eigenvalue weighted by Crippen LogP contribution is -2.41. The maximum Gasteiger partial charge on any atom is 0.165 e. The van der Waals surface area contributed by atoms with Gasteiger partial charge < -0.3 is 28.9 Å². The van der Waals surface area contributed by atoms with Crippen LogP contribution in [0.1, 0.15) is 85.6 Å². The molecule has 0 aliphatic carbocycles. The average Bonchev–Trinajstić information content (AvgIpc) is 3.12. The zero-order valence-electron chi connectivity index (χ0n) is 32.2. The lowest BCUT2D eigenvalue weighted by molar-refractivity contribution is 0.0815. The Bertz CT molecular complexity index is 1400. The predicted octanol–water partition coefficient (Wildman–Crippen LogP) is 9.40. The Kier molecular flexibility index (Phi) is 16.5. The van der Waals surface area contributed by atoms with Gasteiger partial charge in [-0.1, -0.05) is 35.9 Å². The summed E-state index contributed by atoms with van der Waals surface area (Å²) in [5, 5.41) is 0. The van der Waals surface area contributed by atoms with Crippen LogP contribution in [-0.4, -0.2) is 90.4 Å². The Labute approximate surface area is 307 Å². The summed E-state index contributed by atoms with van der Waals surface area (Å²) < 4.78 is 43.9. The zero-order chi connectivity index (χ0) is 36.8. The van der Waals surface area contributed by atoms with Gasteiger partial charge in [0.15, 0.2) is 11.6 Å². The summed E-state index contributed by atoms with van der Waals surface area (Å²) in [6.45, 7) is 22.0. The molecule has 0 amide bonds. The second-order valence-electron chi connectivity index (χ2n) is 15.0. The summed E-state index contributed by atoms with van der Waals surface area (Å²) in [7, 11) is 0. The van der Waals surface area contributed by atoms with Gasteiger partial charge in [-0.05, 0) is 123 Å². The number of ether oxygens (including phenoxy) is 3. The molecule has 6 rings (SSSR count). The summed E-state index contributed by atoms with van der Waals surface area (Å²) in [6, 6.07) is 23.2. The first-order valence-electron chi connectivity index (χ1n) is 19.3. The number of hydrogen-bond acceptors (Lipinski definition) is 6. The Morgan fingerprint density at radius 3 is 1.37 bits per heavy atom. The van der Waals surface area contributed by atoms with Crippen LogP contribution < -0.4 is 14.2 Å². The van der Waals surface area contributed by atoms with Gasteiger partial charge in [-0.2, -0.15) is 0 Å². The number of piperidine rings is 3. The maximum absolute atomic E-state index is 13.4. The van der Waals surface area contributed by atoms with Crippen LogP contribution in [0.5, 0.6) is 17.2 Å². The summed E-state index contributed by atoms with van der Waals surface area (Å²) in [4.78, 5) is 7.40. The second kappa shape index (κ2) is 20.7. The van der Waals surface area contributed by atoms with E-state index in [4.69, 9.17) is 14.2 Å². The van der Waals surface area contributed by atoms with Crippen LogP contribution in [0, 0.1) is 18.6 Å². The first kappa shape index (κ1) is 40.6. The van der Waals surface area contributed by atoms with Crippen LogP contribution in [0.15, 0.2) is 72.8 Å². The fourth-order valence-electron chi connectivity index (χ4n) is 6.79. The highest BCUT2D eigenvalue weighted by molar-refractivity contribution is 5.27. The molecule has 3 fully saturated rings. The Hall–Kier alpha value is -3.20. The zero-order valence-corrected chi connectivity index (χ0v) is 32.2. The van der Waals surface area contributed by atoms with Gasteiger partial charge in [0.1, 0.15) is 35.6 Å². The number of rotatable bonds is 9. The molecule has 0 N–H and O–H groups in total. The minimum Gasteiger partial charge on any atom is -0.490 e. The Balaban J connectivity index is 0.000000172. The molecule has 0 spiro atoms. The van der Waals surface area contributed by atoms with Crippen LogP contribution in [0.3, 0.4) is 0 Å². The van der Waals surface area contributed by atoms with Gasteiger partial charge in [0.2, 0.25) is 0 Å². The van der Waals surface area contributed by atoms with Crippen molar-refractivity contribution in [3.05, 3.63) is 90.0 Å². The summed E-state index contributed by atoms with van der Waals surface area (Å²) in [6.07, 6.45) is 7.07. The number of para-hydroxylation sites is 1. The molecule has 3 aliphatic heterocycles. The van der Waals surface area contributed by atoms with Crippen molar-refractivity contribution in [2.24, 2.45) is 0 Å². The molecule has 0 unspecified atom stereocenters. The molecule has 3 saturated heterocycles. The van der Waals surface area contributed by atoms with Crippen molar-refractivity contribution in [3.63, 3.8) is 0 Å². The van der Waals surface area contributed by atoms with Gasteiger partial charge >= 0.3 is 0 Å². The molecule has 51 heavy (non-hydrogen) atoms. The number of hydrogen-bond donors (Lipinski definition) is 0. The van der Waals surface area contributed by atoms with Gasteiger partial charge in [-0.25, -0.2) is 8.78 Å². The van der Waals surface area contributed by atoms with E-state index in [1.165, 1.54) is 23.8 Å². The van der Waals surface area contributed by atoms with E-state index in [1.807, 2.05) is 12.1 Å². The first-order valence-corrected chi connectivity index (χ1v) is 19.3. The SMILES string of the molecule is CC(C)N1CCC(Oc2cccc(F)c2)CC1.CC(C)N1CCC(Oc2ccccc2F)CC1.Cc1ccc(OC2CCN(C(C)C)CC2)cc1. The van der Waals surface area contributed by atoms with Crippen LogP contribution in [-0.2, 0) is 0 Å². The van der Waals surface area contributed by atoms with Crippen molar-refractivity contribution in [3.8, 4) is 17.2 Å². The first-order chi connectivity index (χ1) is 24.5. The molecular formula is C43H63F2N3O3. The summed E-state index contributed by atoms with van der Waals surface area (Å²) >= 11 is 0. The molecule has 0 radical (unpaired) electrons. The number of halogens is 2. The third kappa shape index (κ3) is 14.0. The molecule has 282 valence electrons. The normalized spacial score (nSPS) is 18.6. The molecular weight excluding hydrogens is 644 g/mol. The molecule has 3 heterocycles. The van der Waals surface area contributed by atoms with Gasteiger partial charge in [-0.15, -0.1) is 0 Å². The molecule has 6 nitrogen and oxygen atoms in total. The monoisotopic (exact) mass is 707 g/mol. The van der Waals surface area contributed by atoms with Crippen LogP contribution in [0.2, 0.25) is 0 Å². The lowest BCUT2D eigenvalue weighted by atomic mass is 10.1. The van der Waals surface area contributed by atoms with Gasteiger partial charge in [0, 0.05) is 63.5 Å². The number of nitrogens with zero attached hydrogens (tertiary/aromatic N) is 3. The average molecular weight is 708 g/mol. The Morgan fingerprint density at radius 1 is 0.510 bits per heavy atom. The quantitative estimate of drug-likeness (QED) is 0.221. The van der Waals surface area contributed by atoms with Crippen molar-refractivity contribution in [1.29, 1.82) is 0 Å². The third-order valence-electron chi connectivity index (χ3n) is 10.2. The molecule has 0 bridgehead atoms. The minimum atomic E-state index is -0.265. The van der Waals surface area contributed by atoms with Gasteiger partial charge in [0.25, 0.3) is 0 Å². The molecule has 3 aromatic carbocycles. The van der Waals surface area contributed by atoms with Crippen molar-refractivity contribution in [2.75, 3.05) is 39.3 Å². The van der Waals surface area contributed by atoms with E-state index < -0.39 is 0 Å². The molecule has 0 atom stereocenters. The maximum atomic E-state index is 13.4. The summed E-state index contributed by atoms with van der Waals surface area (Å²) in [5.41, 5.74) is 1.28. The van der Waals surface area contributed by atoms with E-state index in [-0.39, 0.29) is 23.8 Å². The van der Waals surface area contributed by atoms with Crippen molar-refractivity contribution in [2.45, 2.75) is 123 Å². The van der Waals surface area contributed by atoms with Gasteiger partial charge in [-0.3, -0.25) is 0 Å². The van der Waals surface area contributed by atoms with E-state index in [1.54, 1.807) is 18.2 Å². The number of benzene rings is 3. The largest absolute Gasteiger partial charge is 0.490 e.